The van der Waals surface area contributed by atoms with Crippen molar-refractivity contribution < 1.29 is 19.7 Å². The number of carbonyl (C=O) groups excluding carboxylic acids is 1. The summed E-state index contributed by atoms with van der Waals surface area (Å²) in [6.07, 6.45) is 9.88. The van der Waals surface area contributed by atoms with Gasteiger partial charge in [-0.1, -0.05) is 20.8 Å². The Hall–Kier alpha value is -0.610. The summed E-state index contributed by atoms with van der Waals surface area (Å²) in [6.45, 7) is 9.45. The first-order valence-electron chi connectivity index (χ1n) is 12.7. The van der Waals surface area contributed by atoms with Crippen LogP contribution in [0.5, 0.6) is 0 Å². The molecule has 4 fully saturated rings. The van der Waals surface area contributed by atoms with Crippen LogP contribution in [0.3, 0.4) is 0 Å². The lowest BCUT2D eigenvalue weighted by Crippen LogP contribution is -2.58. The van der Waals surface area contributed by atoms with E-state index in [1.807, 2.05) is 6.92 Å². The second-order valence-electron chi connectivity index (χ2n) is 11.7. The maximum atomic E-state index is 11.9. The lowest BCUT2D eigenvalue weighted by atomic mass is 9.43. The van der Waals surface area contributed by atoms with Crippen molar-refractivity contribution >= 4 is 5.97 Å². The van der Waals surface area contributed by atoms with Crippen LogP contribution in [0.2, 0.25) is 0 Å². The molecule has 0 bridgehead atoms. The van der Waals surface area contributed by atoms with Crippen molar-refractivity contribution in [2.24, 2.45) is 46.3 Å². The van der Waals surface area contributed by atoms with E-state index in [2.05, 4.69) is 20.8 Å². The van der Waals surface area contributed by atoms with Crippen LogP contribution in [-0.2, 0) is 9.53 Å². The third kappa shape index (κ3) is 3.54. The van der Waals surface area contributed by atoms with Crippen molar-refractivity contribution in [2.75, 3.05) is 6.61 Å². The number of aliphatic hydroxyl groups excluding tert-OH is 2. The summed E-state index contributed by atoms with van der Waals surface area (Å²) in [5.41, 5.74) is 0.269. The van der Waals surface area contributed by atoms with E-state index in [1.54, 1.807) is 0 Å². The van der Waals surface area contributed by atoms with Crippen molar-refractivity contribution in [1.82, 2.24) is 0 Å². The van der Waals surface area contributed by atoms with Gasteiger partial charge < -0.3 is 14.9 Å². The predicted molar refractivity (Wildman–Crippen MR) is 118 cm³/mol. The van der Waals surface area contributed by atoms with Gasteiger partial charge in [0.1, 0.15) is 0 Å². The maximum absolute atomic E-state index is 11.9. The fourth-order valence-electron chi connectivity index (χ4n) is 8.94. The zero-order valence-electron chi connectivity index (χ0n) is 19.6. The molecule has 10 atom stereocenters. The smallest absolute Gasteiger partial charge is 0.305 e. The lowest BCUT2D eigenvalue weighted by Gasteiger charge is -2.62. The molecule has 0 saturated heterocycles. The van der Waals surface area contributed by atoms with E-state index in [0.29, 0.717) is 42.6 Å². The first-order valence-corrected chi connectivity index (χ1v) is 12.7. The van der Waals surface area contributed by atoms with Crippen LogP contribution >= 0.6 is 0 Å². The normalized spacial score (nSPS) is 48.9. The predicted octanol–water partition coefficient (Wildman–Crippen LogP) is 4.96. The van der Waals surface area contributed by atoms with Gasteiger partial charge in [-0.25, -0.2) is 0 Å². The van der Waals surface area contributed by atoms with E-state index >= 15 is 0 Å². The quantitative estimate of drug-likeness (QED) is 0.617. The maximum Gasteiger partial charge on any atom is 0.305 e. The molecule has 0 heterocycles. The zero-order chi connectivity index (χ0) is 21.7. The molecule has 0 aliphatic heterocycles. The number of fused-ring (bicyclic) bond motifs is 5. The van der Waals surface area contributed by atoms with Gasteiger partial charge >= 0.3 is 5.97 Å². The number of rotatable bonds is 5. The van der Waals surface area contributed by atoms with Gasteiger partial charge in [0.05, 0.1) is 18.8 Å². The molecule has 30 heavy (non-hydrogen) atoms. The average molecular weight is 421 g/mol. The van der Waals surface area contributed by atoms with Gasteiger partial charge in [-0.05, 0) is 111 Å². The number of hydrogen-bond donors (Lipinski definition) is 2. The summed E-state index contributed by atoms with van der Waals surface area (Å²) in [6, 6.07) is 0. The molecule has 2 N–H and O–H groups in total. The molecule has 4 aliphatic carbocycles. The first-order chi connectivity index (χ1) is 14.2. The molecule has 4 saturated carbocycles. The molecule has 0 amide bonds. The van der Waals surface area contributed by atoms with E-state index < -0.39 is 0 Å². The Bertz CT molecular complexity index is 635. The van der Waals surface area contributed by atoms with E-state index in [-0.39, 0.29) is 29.0 Å². The molecule has 0 aromatic rings. The molecule has 0 unspecified atom stereocenters. The minimum atomic E-state index is -0.247. The number of hydrogen-bond acceptors (Lipinski definition) is 4. The number of ether oxygens (including phenoxy) is 1. The Morgan fingerprint density at radius 3 is 2.57 bits per heavy atom. The molecule has 4 nitrogen and oxygen atoms in total. The van der Waals surface area contributed by atoms with Gasteiger partial charge in [-0.3, -0.25) is 4.79 Å². The molecule has 4 aliphatic rings. The summed E-state index contributed by atoms with van der Waals surface area (Å²) in [7, 11) is 0. The largest absolute Gasteiger partial charge is 0.466 e. The Kier molecular flexibility index (Phi) is 6.31. The van der Waals surface area contributed by atoms with E-state index in [0.717, 1.165) is 38.0 Å². The van der Waals surface area contributed by atoms with E-state index in [4.69, 9.17) is 4.74 Å². The van der Waals surface area contributed by atoms with Crippen LogP contribution < -0.4 is 0 Å². The molecule has 172 valence electrons. The molecule has 0 aromatic heterocycles. The molecule has 0 radical (unpaired) electrons. The zero-order valence-corrected chi connectivity index (χ0v) is 19.6. The highest BCUT2D eigenvalue weighted by molar-refractivity contribution is 5.69. The van der Waals surface area contributed by atoms with Crippen molar-refractivity contribution in [3.05, 3.63) is 0 Å². The third-order valence-electron chi connectivity index (χ3n) is 10.6. The molecular formula is C26H44O4. The summed E-state index contributed by atoms with van der Waals surface area (Å²) >= 11 is 0. The summed E-state index contributed by atoms with van der Waals surface area (Å²) in [5, 5.41) is 21.8. The summed E-state index contributed by atoms with van der Waals surface area (Å²) in [4.78, 5) is 11.9. The minimum Gasteiger partial charge on any atom is -0.466 e. The van der Waals surface area contributed by atoms with Crippen LogP contribution in [0.4, 0.5) is 0 Å². The monoisotopic (exact) mass is 420 g/mol. The van der Waals surface area contributed by atoms with Crippen LogP contribution in [-0.4, -0.2) is 35.0 Å². The second kappa shape index (κ2) is 8.39. The van der Waals surface area contributed by atoms with Crippen LogP contribution in [0.25, 0.3) is 0 Å². The van der Waals surface area contributed by atoms with Crippen LogP contribution in [0.1, 0.15) is 91.9 Å². The minimum absolute atomic E-state index is 0.0212. The Morgan fingerprint density at radius 2 is 1.83 bits per heavy atom. The Balaban J connectivity index is 1.50. The number of aliphatic hydroxyl groups is 2. The molecule has 0 aromatic carbocycles. The highest BCUT2D eigenvalue weighted by atomic mass is 16.5. The standard InChI is InChI=1S/C26H44O4/c1-5-30-24(29)11-6-16(2)20-9-10-21-19-8-7-17-14-18(27)12-13-25(17,3)22(19)15-23(28)26(20,21)4/h16-23,27-28H,5-15H2,1-4H3/t16-,17-,18-,19+,20-,21+,22+,23+,25+,26-/m0/s1. The van der Waals surface area contributed by atoms with Crippen molar-refractivity contribution in [3.63, 3.8) is 0 Å². The summed E-state index contributed by atoms with van der Waals surface area (Å²) < 4.78 is 5.14. The van der Waals surface area contributed by atoms with E-state index in [9.17, 15) is 15.0 Å². The van der Waals surface area contributed by atoms with Crippen LogP contribution in [0.15, 0.2) is 0 Å². The lowest BCUT2D eigenvalue weighted by molar-refractivity contribution is -0.175. The van der Waals surface area contributed by atoms with Gasteiger partial charge in [-0.15, -0.1) is 0 Å². The number of carbonyl (C=O) groups is 1. The topological polar surface area (TPSA) is 66.8 Å². The Morgan fingerprint density at radius 1 is 1.07 bits per heavy atom. The third-order valence-corrected chi connectivity index (χ3v) is 10.6. The SMILES string of the molecule is CCOC(=O)CC[C@H](C)[C@@H]1CC[C@@H]2[C@H]3CC[C@H]4C[C@@H](O)CC[C@@]4(C)[C@@H]3C[C@@H](O)[C@]21C. The second-order valence-corrected chi connectivity index (χ2v) is 11.7. The van der Waals surface area contributed by atoms with Crippen LogP contribution in [0, 0.1) is 46.3 Å². The average Bonchev–Trinajstić information content (AvgIpc) is 3.07. The van der Waals surface area contributed by atoms with Gasteiger partial charge in [0.2, 0.25) is 0 Å². The van der Waals surface area contributed by atoms with Crippen molar-refractivity contribution in [3.8, 4) is 0 Å². The van der Waals surface area contributed by atoms with E-state index in [1.165, 1.54) is 25.7 Å². The first kappa shape index (κ1) is 22.6. The van der Waals surface area contributed by atoms with Crippen molar-refractivity contribution in [1.29, 1.82) is 0 Å². The fraction of sp³-hybridized carbons (Fsp3) is 0.962. The number of esters is 1. The van der Waals surface area contributed by atoms with Crippen molar-refractivity contribution in [2.45, 2.75) is 104 Å². The fourth-order valence-corrected chi connectivity index (χ4v) is 8.94. The highest BCUT2D eigenvalue weighted by Crippen LogP contribution is 2.68. The van der Waals surface area contributed by atoms with Gasteiger partial charge in [0, 0.05) is 6.42 Å². The van der Waals surface area contributed by atoms with Gasteiger partial charge in [0.15, 0.2) is 0 Å². The molecule has 4 heteroatoms. The molecule has 4 rings (SSSR count). The Labute approximate surface area is 183 Å². The molecule has 0 spiro atoms. The van der Waals surface area contributed by atoms with Gasteiger partial charge in [-0.2, -0.15) is 0 Å². The highest BCUT2D eigenvalue weighted by Gasteiger charge is 2.63. The summed E-state index contributed by atoms with van der Waals surface area (Å²) in [5.74, 6) is 3.39. The van der Waals surface area contributed by atoms with Gasteiger partial charge in [0.25, 0.3) is 0 Å². The molecular weight excluding hydrogens is 376 g/mol.